The van der Waals surface area contributed by atoms with Crippen molar-refractivity contribution >= 4 is 27.5 Å². The van der Waals surface area contributed by atoms with Crippen molar-refractivity contribution in [3.63, 3.8) is 0 Å². The number of hydrogen-bond donors (Lipinski definition) is 1. The first-order valence-electron chi connectivity index (χ1n) is 11.4. The highest BCUT2D eigenvalue weighted by molar-refractivity contribution is 7.92. The lowest BCUT2D eigenvalue weighted by Crippen LogP contribution is -2.50. The fourth-order valence-corrected chi connectivity index (χ4v) is 5.40. The molecule has 0 aliphatic heterocycles. The van der Waals surface area contributed by atoms with Crippen molar-refractivity contribution < 1.29 is 22.4 Å². The molecule has 0 aliphatic rings. The van der Waals surface area contributed by atoms with Crippen LogP contribution >= 0.6 is 0 Å². The van der Waals surface area contributed by atoms with E-state index in [4.69, 9.17) is 0 Å². The van der Waals surface area contributed by atoms with E-state index in [1.165, 1.54) is 48.3 Å². The Bertz CT molecular complexity index is 1330. The van der Waals surface area contributed by atoms with Crippen LogP contribution in [0.25, 0.3) is 0 Å². The van der Waals surface area contributed by atoms with Crippen LogP contribution in [0.4, 0.5) is 10.1 Å². The summed E-state index contributed by atoms with van der Waals surface area (Å²) in [7, 11) is -2.65. The van der Waals surface area contributed by atoms with Gasteiger partial charge in [0, 0.05) is 13.6 Å². The molecule has 0 spiro atoms. The number of nitrogens with one attached hydrogen (secondary N) is 1. The van der Waals surface area contributed by atoms with Crippen LogP contribution in [0.1, 0.15) is 23.6 Å². The number of carbonyl (C=O) groups is 2. The number of halogens is 1. The Kier molecular flexibility index (Phi) is 8.47. The van der Waals surface area contributed by atoms with Crippen molar-refractivity contribution in [3.8, 4) is 0 Å². The fraction of sp³-hybridized carbons (Fsp3) is 0.259. The molecule has 0 fully saturated rings. The summed E-state index contributed by atoms with van der Waals surface area (Å²) in [6, 6.07) is 17.9. The molecule has 7 nitrogen and oxygen atoms in total. The van der Waals surface area contributed by atoms with Gasteiger partial charge in [-0.25, -0.2) is 12.8 Å². The van der Waals surface area contributed by atoms with E-state index in [9.17, 15) is 22.4 Å². The molecule has 36 heavy (non-hydrogen) atoms. The molecule has 190 valence electrons. The molecule has 0 saturated heterocycles. The van der Waals surface area contributed by atoms with E-state index in [0.717, 1.165) is 9.87 Å². The molecule has 1 atom stereocenters. The van der Waals surface area contributed by atoms with E-state index < -0.39 is 40.2 Å². The van der Waals surface area contributed by atoms with E-state index in [0.29, 0.717) is 16.8 Å². The maximum absolute atomic E-state index is 13.7. The number of anilines is 1. The number of amides is 2. The lowest BCUT2D eigenvalue weighted by atomic mass is 10.1. The van der Waals surface area contributed by atoms with E-state index in [1.807, 2.05) is 13.0 Å². The molecular weight excluding hydrogens is 481 g/mol. The number of hydrogen-bond acceptors (Lipinski definition) is 4. The minimum absolute atomic E-state index is 0.000194. The maximum atomic E-state index is 13.7. The summed E-state index contributed by atoms with van der Waals surface area (Å²) >= 11 is 0. The van der Waals surface area contributed by atoms with Crippen molar-refractivity contribution in [2.24, 2.45) is 0 Å². The maximum Gasteiger partial charge on any atom is 0.264 e. The monoisotopic (exact) mass is 511 g/mol. The number of likely N-dealkylation sites (N-methyl/N-ethyl adjacent to an activating group) is 1. The molecule has 0 aliphatic carbocycles. The van der Waals surface area contributed by atoms with Crippen molar-refractivity contribution in [3.05, 3.63) is 95.3 Å². The number of rotatable bonds is 9. The Labute approximate surface area is 211 Å². The minimum atomic E-state index is -4.11. The summed E-state index contributed by atoms with van der Waals surface area (Å²) < 4.78 is 41.9. The molecule has 3 rings (SSSR count). The number of nitrogens with zero attached hydrogens (tertiary/aromatic N) is 2. The summed E-state index contributed by atoms with van der Waals surface area (Å²) in [4.78, 5) is 27.5. The van der Waals surface area contributed by atoms with E-state index >= 15 is 0 Å². The van der Waals surface area contributed by atoms with E-state index in [1.54, 1.807) is 44.2 Å². The zero-order valence-electron chi connectivity index (χ0n) is 20.7. The van der Waals surface area contributed by atoms with Crippen LogP contribution in [-0.4, -0.2) is 44.8 Å². The van der Waals surface area contributed by atoms with Crippen LogP contribution in [0.15, 0.2) is 77.7 Å². The van der Waals surface area contributed by atoms with Gasteiger partial charge in [-0.05, 0) is 62.2 Å². The zero-order chi connectivity index (χ0) is 26.5. The van der Waals surface area contributed by atoms with Gasteiger partial charge in [0.05, 0.1) is 10.6 Å². The van der Waals surface area contributed by atoms with Gasteiger partial charge in [0.1, 0.15) is 18.4 Å². The van der Waals surface area contributed by atoms with Crippen molar-refractivity contribution in [2.45, 2.75) is 38.3 Å². The van der Waals surface area contributed by atoms with E-state index in [2.05, 4.69) is 5.32 Å². The standard InChI is InChI=1S/C27H30FN3O4S/c1-19-10-15-25(20(2)16-19)31(36(34,35)24-8-6-5-7-9-24)18-26(32)30(21(3)27(33)29-4)17-22-11-13-23(28)14-12-22/h5-16,21H,17-18H2,1-4H3,(H,29,33)/t21-/m1/s1. The number of sulfonamides is 1. The van der Waals surface area contributed by atoms with Crippen LogP contribution in [0, 0.1) is 19.7 Å². The third kappa shape index (κ3) is 6.09. The Morgan fingerprint density at radius 1 is 0.972 bits per heavy atom. The highest BCUT2D eigenvalue weighted by Crippen LogP contribution is 2.28. The molecule has 0 heterocycles. The molecular formula is C27H30FN3O4S. The second-order valence-corrected chi connectivity index (χ2v) is 10.4. The molecule has 3 aromatic rings. The Morgan fingerprint density at radius 2 is 1.61 bits per heavy atom. The minimum Gasteiger partial charge on any atom is -0.357 e. The summed E-state index contributed by atoms with van der Waals surface area (Å²) in [6.45, 7) is 4.72. The van der Waals surface area contributed by atoms with E-state index in [-0.39, 0.29) is 11.4 Å². The van der Waals surface area contributed by atoms with Gasteiger partial charge >= 0.3 is 0 Å². The smallest absolute Gasteiger partial charge is 0.264 e. The topological polar surface area (TPSA) is 86.8 Å². The van der Waals surface area contributed by atoms with Gasteiger partial charge in [0.15, 0.2) is 0 Å². The lowest BCUT2D eigenvalue weighted by molar-refractivity contribution is -0.139. The molecule has 2 amide bonds. The predicted molar refractivity (Wildman–Crippen MR) is 137 cm³/mol. The van der Waals surface area contributed by atoms with Crippen LogP contribution < -0.4 is 9.62 Å². The van der Waals surface area contributed by atoms with Gasteiger partial charge in [-0.1, -0.05) is 48.0 Å². The van der Waals surface area contributed by atoms with Crippen LogP contribution in [0.3, 0.4) is 0 Å². The largest absolute Gasteiger partial charge is 0.357 e. The SMILES string of the molecule is CNC(=O)[C@@H](C)N(Cc1ccc(F)cc1)C(=O)CN(c1ccc(C)cc1C)S(=O)(=O)c1ccccc1. The predicted octanol–water partition coefficient (Wildman–Crippen LogP) is 3.80. The summed E-state index contributed by atoms with van der Waals surface area (Å²) in [5.41, 5.74) is 2.61. The second kappa shape index (κ2) is 11.3. The fourth-order valence-electron chi connectivity index (χ4n) is 3.90. The zero-order valence-corrected chi connectivity index (χ0v) is 21.5. The highest BCUT2D eigenvalue weighted by Gasteiger charge is 2.32. The second-order valence-electron chi connectivity index (χ2n) is 8.55. The quantitative estimate of drug-likeness (QED) is 0.474. The van der Waals surface area contributed by atoms with Gasteiger partial charge in [0.25, 0.3) is 10.0 Å². The van der Waals surface area contributed by atoms with Crippen molar-refractivity contribution in [1.29, 1.82) is 0 Å². The Balaban J connectivity index is 2.05. The van der Waals surface area contributed by atoms with Crippen LogP contribution in [0.5, 0.6) is 0 Å². The molecule has 0 radical (unpaired) electrons. The number of aryl methyl sites for hydroxylation is 2. The normalized spacial score (nSPS) is 12.0. The first-order chi connectivity index (χ1) is 17.0. The van der Waals surface area contributed by atoms with Crippen LogP contribution in [-0.2, 0) is 26.2 Å². The number of carbonyl (C=O) groups excluding carboxylic acids is 2. The van der Waals surface area contributed by atoms with Gasteiger partial charge < -0.3 is 10.2 Å². The molecule has 9 heteroatoms. The lowest BCUT2D eigenvalue weighted by Gasteiger charge is -2.32. The van der Waals surface area contributed by atoms with Gasteiger partial charge in [-0.15, -0.1) is 0 Å². The summed E-state index contributed by atoms with van der Waals surface area (Å²) in [5, 5.41) is 2.53. The van der Waals surface area contributed by atoms with Crippen molar-refractivity contribution in [1.82, 2.24) is 10.2 Å². The Morgan fingerprint density at radius 3 is 2.19 bits per heavy atom. The first-order valence-corrected chi connectivity index (χ1v) is 12.9. The third-order valence-corrected chi connectivity index (χ3v) is 7.68. The first kappa shape index (κ1) is 26.9. The summed E-state index contributed by atoms with van der Waals surface area (Å²) in [5.74, 6) is -1.41. The number of benzene rings is 3. The molecule has 0 bridgehead atoms. The molecule has 0 unspecified atom stereocenters. The highest BCUT2D eigenvalue weighted by atomic mass is 32.2. The van der Waals surface area contributed by atoms with Crippen LogP contribution in [0.2, 0.25) is 0 Å². The summed E-state index contributed by atoms with van der Waals surface area (Å²) in [6.07, 6.45) is 0. The molecule has 0 saturated carbocycles. The molecule has 0 aromatic heterocycles. The molecule has 1 N–H and O–H groups in total. The van der Waals surface area contributed by atoms with Gasteiger partial charge in [0.2, 0.25) is 11.8 Å². The van der Waals surface area contributed by atoms with Gasteiger partial charge in [-0.3, -0.25) is 13.9 Å². The third-order valence-electron chi connectivity index (χ3n) is 5.91. The van der Waals surface area contributed by atoms with Crippen molar-refractivity contribution in [2.75, 3.05) is 17.9 Å². The Hall–Kier alpha value is -3.72. The average molecular weight is 512 g/mol. The van der Waals surface area contributed by atoms with Gasteiger partial charge in [-0.2, -0.15) is 0 Å². The molecule has 3 aromatic carbocycles. The average Bonchev–Trinajstić information content (AvgIpc) is 2.86.